The summed E-state index contributed by atoms with van der Waals surface area (Å²) in [6.45, 7) is 12.6. The molecular weight excluding hydrogens is 220 g/mol. The molecule has 104 valence electrons. The number of unbranched alkanes of at least 4 members (excludes halogenated alkanes) is 7. The zero-order valence-corrected chi connectivity index (χ0v) is 12.3. The standard InChI is InChI=1S/C17H30O/c1-5-6-7-8-9-10-11-12-15-18-17(4)14-13-16(2)3/h13-14H,2,4-12,15H2,1,3H3/b14-13-. The molecule has 0 spiro atoms. The van der Waals surface area contributed by atoms with Crippen molar-refractivity contribution < 1.29 is 4.74 Å². The van der Waals surface area contributed by atoms with E-state index < -0.39 is 0 Å². The zero-order valence-electron chi connectivity index (χ0n) is 12.3. The molecule has 0 saturated heterocycles. The van der Waals surface area contributed by atoms with Gasteiger partial charge >= 0.3 is 0 Å². The summed E-state index contributed by atoms with van der Waals surface area (Å²) in [4.78, 5) is 0. The summed E-state index contributed by atoms with van der Waals surface area (Å²) < 4.78 is 5.52. The van der Waals surface area contributed by atoms with Crippen LogP contribution in [0.5, 0.6) is 0 Å². The molecule has 0 aliphatic rings. The Morgan fingerprint density at radius 1 is 0.889 bits per heavy atom. The van der Waals surface area contributed by atoms with E-state index in [1.54, 1.807) is 0 Å². The Kier molecular flexibility index (Phi) is 11.8. The van der Waals surface area contributed by atoms with Gasteiger partial charge in [-0.05, 0) is 19.4 Å². The summed E-state index contributed by atoms with van der Waals surface area (Å²) in [5, 5.41) is 0. The Hall–Kier alpha value is -0.980. The van der Waals surface area contributed by atoms with Crippen LogP contribution in [0.25, 0.3) is 0 Å². The van der Waals surface area contributed by atoms with Gasteiger partial charge in [-0.25, -0.2) is 0 Å². The third-order valence-electron chi connectivity index (χ3n) is 2.84. The fourth-order valence-corrected chi connectivity index (χ4v) is 1.72. The van der Waals surface area contributed by atoms with Crippen LogP contribution in [-0.2, 0) is 4.74 Å². The zero-order chi connectivity index (χ0) is 13.6. The molecule has 0 aliphatic carbocycles. The third kappa shape index (κ3) is 13.1. The van der Waals surface area contributed by atoms with E-state index in [9.17, 15) is 0 Å². The van der Waals surface area contributed by atoms with Crippen LogP contribution < -0.4 is 0 Å². The van der Waals surface area contributed by atoms with Gasteiger partial charge in [0.15, 0.2) is 0 Å². The highest BCUT2D eigenvalue weighted by atomic mass is 16.5. The smallest absolute Gasteiger partial charge is 0.112 e. The van der Waals surface area contributed by atoms with Crippen LogP contribution >= 0.6 is 0 Å². The number of hydrogen-bond donors (Lipinski definition) is 0. The number of allylic oxidation sites excluding steroid dienone is 3. The molecule has 0 rings (SSSR count). The fraction of sp³-hybridized carbons (Fsp3) is 0.647. The summed E-state index contributed by atoms with van der Waals surface area (Å²) >= 11 is 0. The largest absolute Gasteiger partial charge is 0.494 e. The van der Waals surface area contributed by atoms with Gasteiger partial charge in [0.1, 0.15) is 5.76 Å². The third-order valence-corrected chi connectivity index (χ3v) is 2.84. The van der Waals surface area contributed by atoms with Gasteiger partial charge < -0.3 is 4.74 Å². The minimum absolute atomic E-state index is 0.737. The van der Waals surface area contributed by atoms with Gasteiger partial charge in [-0.1, -0.05) is 76.7 Å². The normalized spacial score (nSPS) is 10.8. The molecule has 0 radical (unpaired) electrons. The van der Waals surface area contributed by atoms with Crippen LogP contribution in [0.3, 0.4) is 0 Å². The van der Waals surface area contributed by atoms with E-state index in [1.807, 2.05) is 19.1 Å². The molecule has 0 N–H and O–H groups in total. The summed E-state index contributed by atoms with van der Waals surface area (Å²) in [6, 6.07) is 0. The highest BCUT2D eigenvalue weighted by Gasteiger charge is 1.93. The summed E-state index contributed by atoms with van der Waals surface area (Å²) in [5.74, 6) is 0.737. The van der Waals surface area contributed by atoms with Gasteiger partial charge in [0.25, 0.3) is 0 Å². The van der Waals surface area contributed by atoms with Crippen LogP contribution in [-0.4, -0.2) is 6.61 Å². The topological polar surface area (TPSA) is 9.23 Å². The van der Waals surface area contributed by atoms with E-state index >= 15 is 0 Å². The van der Waals surface area contributed by atoms with Crippen LogP contribution in [0, 0.1) is 0 Å². The molecule has 0 heterocycles. The second-order valence-corrected chi connectivity index (χ2v) is 4.97. The lowest BCUT2D eigenvalue weighted by Gasteiger charge is -2.05. The summed E-state index contributed by atoms with van der Waals surface area (Å²) in [7, 11) is 0. The van der Waals surface area contributed by atoms with E-state index in [2.05, 4.69) is 20.1 Å². The molecule has 0 aliphatic heterocycles. The first kappa shape index (κ1) is 17.0. The summed E-state index contributed by atoms with van der Waals surface area (Å²) in [5.41, 5.74) is 1.02. The van der Waals surface area contributed by atoms with E-state index in [-0.39, 0.29) is 0 Å². The SMILES string of the molecule is C=C(C)/C=C\C(=C)OCCCCCCCCCC. The van der Waals surface area contributed by atoms with Crippen molar-refractivity contribution in [2.75, 3.05) is 6.61 Å². The van der Waals surface area contributed by atoms with Crippen molar-refractivity contribution in [3.8, 4) is 0 Å². The second kappa shape index (κ2) is 12.5. The molecule has 0 amide bonds. The Bertz CT molecular complexity index is 250. The molecule has 1 heteroatoms. The van der Waals surface area contributed by atoms with Gasteiger partial charge in [0.05, 0.1) is 6.61 Å². The average molecular weight is 250 g/mol. The Labute approximate surface area is 114 Å². The van der Waals surface area contributed by atoms with E-state index in [0.717, 1.165) is 24.4 Å². The van der Waals surface area contributed by atoms with Crippen molar-refractivity contribution in [1.82, 2.24) is 0 Å². The first-order valence-electron chi connectivity index (χ1n) is 7.32. The maximum atomic E-state index is 5.52. The molecule has 0 atom stereocenters. The number of ether oxygens (including phenoxy) is 1. The van der Waals surface area contributed by atoms with Gasteiger partial charge in [-0.2, -0.15) is 0 Å². The molecule has 1 nitrogen and oxygen atoms in total. The minimum Gasteiger partial charge on any atom is -0.494 e. The first-order chi connectivity index (χ1) is 8.66. The lowest BCUT2D eigenvalue weighted by molar-refractivity contribution is 0.218. The quantitative estimate of drug-likeness (QED) is 0.242. The lowest BCUT2D eigenvalue weighted by Crippen LogP contribution is -1.92. The molecule has 0 bridgehead atoms. The van der Waals surface area contributed by atoms with Crippen LogP contribution in [0.2, 0.25) is 0 Å². The first-order valence-corrected chi connectivity index (χ1v) is 7.32. The van der Waals surface area contributed by atoms with Crippen molar-refractivity contribution in [2.45, 2.75) is 65.2 Å². The van der Waals surface area contributed by atoms with Gasteiger partial charge in [0.2, 0.25) is 0 Å². The minimum atomic E-state index is 0.737. The van der Waals surface area contributed by atoms with E-state index in [0.29, 0.717) is 0 Å². The van der Waals surface area contributed by atoms with Crippen LogP contribution in [0.1, 0.15) is 65.2 Å². The molecule has 0 aromatic rings. The average Bonchev–Trinajstić information content (AvgIpc) is 2.34. The molecule has 0 aromatic carbocycles. The van der Waals surface area contributed by atoms with Gasteiger partial charge in [0, 0.05) is 0 Å². The molecule has 0 unspecified atom stereocenters. The van der Waals surface area contributed by atoms with Crippen molar-refractivity contribution in [3.05, 3.63) is 36.6 Å². The number of rotatable bonds is 12. The number of hydrogen-bond acceptors (Lipinski definition) is 1. The summed E-state index contributed by atoms with van der Waals surface area (Å²) in [6.07, 6.45) is 14.4. The Balaban J connectivity index is 3.25. The van der Waals surface area contributed by atoms with Crippen molar-refractivity contribution >= 4 is 0 Å². The molecule has 0 saturated carbocycles. The maximum Gasteiger partial charge on any atom is 0.112 e. The van der Waals surface area contributed by atoms with Gasteiger partial charge in [-0.3, -0.25) is 0 Å². The highest BCUT2D eigenvalue weighted by molar-refractivity contribution is 5.19. The lowest BCUT2D eigenvalue weighted by atomic mass is 10.1. The monoisotopic (exact) mass is 250 g/mol. The Morgan fingerprint density at radius 3 is 2.00 bits per heavy atom. The van der Waals surface area contributed by atoms with Crippen molar-refractivity contribution in [2.24, 2.45) is 0 Å². The highest BCUT2D eigenvalue weighted by Crippen LogP contribution is 2.09. The van der Waals surface area contributed by atoms with Crippen LogP contribution in [0.4, 0.5) is 0 Å². The molecule has 0 aromatic heterocycles. The Morgan fingerprint density at radius 2 is 1.44 bits per heavy atom. The molecule has 0 fully saturated rings. The predicted octanol–water partition coefficient (Wildman–Crippen LogP) is 5.79. The molecular formula is C17H30O. The van der Waals surface area contributed by atoms with Crippen molar-refractivity contribution in [3.63, 3.8) is 0 Å². The maximum absolute atomic E-state index is 5.52. The van der Waals surface area contributed by atoms with Gasteiger partial charge in [-0.15, -0.1) is 0 Å². The predicted molar refractivity (Wildman–Crippen MR) is 81.7 cm³/mol. The van der Waals surface area contributed by atoms with Crippen LogP contribution in [0.15, 0.2) is 36.6 Å². The van der Waals surface area contributed by atoms with Crippen molar-refractivity contribution in [1.29, 1.82) is 0 Å². The fourth-order valence-electron chi connectivity index (χ4n) is 1.72. The van der Waals surface area contributed by atoms with E-state index in [1.165, 1.54) is 44.9 Å². The second-order valence-electron chi connectivity index (χ2n) is 4.97. The van der Waals surface area contributed by atoms with E-state index in [4.69, 9.17) is 4.74 Å². The molecule has 18 heavy (non-hydrogen) atoms.